The van der Waals surface area contributed by atoms with Gasteiger partial charge in [0.1, 0.15) is 22.7 Å². The highest BCUT2D eigenvalue weighted by atomic mass is 16.6. The lowest BCUT2D eigenvalue weighted by Gasteiger charge is -2.20. The molecule has 2 heterocycles. The third-order valence-corrected chi connectivity index (χ3v) is 4.86. The fraction of sp³-hybridized carbons (Fsp3) is 0.429. The summed E-state index contributed by atoms with van der Waals surface area (Å²) in [5.74, 6) is 0.135. The molecular formula is C21H23N3O5. The number of nitrogens with zero attached hydrogens (tertiary/aromatic N) is 3. The molecule has 4 rings (SSSR count). The van der Waals surface area contributed by atoms with Crippen LogP contribution in [-0.2, 0) is 4.74 Å². The maximum Gasteiger partial charge on any atom is 0.420 e. The van der Waals surface area contributed by atoms with Crippen LogP contribution in [0, 0.1) is 13.8 Å². The van der Waals surface area contributed by atoms with Gasteiger partial charge in [0.25, 0.3) is 0 Å². The van der Waals surface area contributed by atoms with Gasteiger partial charge < -0.3 is 14.4 Å². The molecule has 1 aliphatic carbocycles. The van der Waals surface area contributed by atoms with Gasteiger partial charge in [-0.25, -0.2) is 19.1 Å². The van der Waals surface area contributed by atoms with Gasteiger partial charge in [-0.3, -0.25) is 0 Å². The molecule has 1 aromatic carbocycles. The Kier molecular flexibility index (Phi) is 4.25. The first-order valence-corrected chi connectivity index (χ1v) is 9.53. The van der Waals surface area contributed by atoms with Crippen LogP contribution in [0.1, 0.15) is 67.2 Å². The zero-order chi connectivity index (χ0) is 21.1. The number of hydrogen-bond donors (Lipinski definition) is 1. The van der Waals surface area contributed by atoms with Crippen LogP contribution in [0.2, 0.25) is 0 Å². The topological polar surface area (TPSA) is 107 Å². The van der Waals surface area contributed by atoms with Gasteiger partial charge in [0.05, 0.1) is 16.8 Å². The zero-order valence-electron chi connectivity index (χ0n) is 17.1. The van der Waals surface area contributed by atoms with Crippen molar-refractivity contribution in [2.24, 2.45) is 0 Å². The lowest BCUT2D eigenvalue weighted by atomic mass is 10.0. The van der Waals surface area contributed by atoms with Crippen molar-refractivity contribution >= 4 is 23.1 Å². The van der Waals surface area contributed by atoms with E-state index < -0.39 is 17.7 Å². The highest BCUT2D eigenvalue weighted by molar-refractivity contribution is 6.05. The Bertz CT molecular complexity index is 1130. The van der Waals surface area contributed by atoms with Crippen molar-refractivity contribution in [1.29, 1.82) is 0 Å². The molecule has 1 fully saturated rings. The van der Waals surface area contributed by atoms with Crippen LogP contribution in [-0.4, -0.2) is 37.5 Å². The molecule has 0 amide bonds. The maximum atomic E-state index is 13.0. The fourth-order valence-corrected chi connectivity index (χ4v) is 3.51. The second kappa shape index (κ2) is 6.43. The predicted octanol–water partition coefficient (Wildman–Crippen LogP) is 4.67. The molecule has 0 radical (unpaired) electrons. The molecular weight excluding hydrogens is 374 g/mol. The van der Waals surface area contributed by atoms with Crippen LogP contribution < -0.4 is 0 Å². The van der Waals surface area contributed by atoms with Gasteiger partial charge in [-0.1, -0.05) is 5.16 Å². The van der Waals surface area contributed by atoms with E-state index in [4.69, 9.17) is 9.26 Å². The Balaban J connectivity index is 2.02. The number of rotatable bonds is 3. The van der Waals surface area contributed by atoms with Gasteiger partial charge >= 0.3 is 12.1 Å². The second-order valence-corrected chi connectivity index (χ2v) is 8.46. The summed E-state index contributed by atoms with van der Waals surface area (Å²) in [6.45, 7) is 8.92. The largest absolute Gasteiger partial charge is 0.478 e. The van der Waals surface area contributed by atoms with Crippen LogP contribution >= 0.6 is 0 Å². The summed E-state index contributed by atoms with van der Waals surface area (Å²) in [7, 11) is 0. The first kappa shape index (κ1) is 19.2. The minimum Gasteiger partial charge on any atom is -0.478 e. The van der Waals surface area contributed by atoms with E-state index in [1.54, 1.807) is 46.8 Å². The Labute approximate surface area is 167 Å². The third kappa shape index (κ3) is 3.39. The lowest BCUT2D eigenvalue weighted by molar-refractivity contribution is 0.0538. The molecule has 29 heavy (non-hydrogen) atoms. The number of aromatic nitrogens is 3. The summed E-state index contributed by atoms with van der Waals surface area (Å²) in [6, 6.07) is 3.32. The second-order valence-electron chi connectivity index (χ2n) is 8.46. The molecule has 1 saturated carbocycles. The minimum absolute atomic E-state index is 0.0294. The number of ether oxygens (including phenoxy) is 1. The molecule has 8 nitrogen and oxygen atoms in total. The van der Waals surface area contributed by atoms with E-state index in [9.17, 15) is 14.7 Å². The number of aryl methyl sites for hydroxylation is 2. The molecule has 0 aliphatic heterocycles. The number of carboxylic acids is 1. The molecule has 0 spiro atoms. The van der Waals surface area contributed by atoms with E-state index in [-0.39, 0.29) is 17.0 Å². The van der Waals surface area contributed by atoms with Gasteiger partial charge in [-0.2, -0.15) is 0 Å². The van der Waals surface area contributed by atoms with Gasteiger partial charge in [0.2, 0.25) is 0 Å². The third-order valence-electron chi connectivity index (χ3n) is 4.86. The number of carbonyl (C=O) groups is 2. The van der Waals surface area contributed by atoms with E-state index >= 15 is 0 Å². The van der Waals surface area contributed by atoms with Crippen molar-refractivity contribution in [2.45, 2.75) is 59.0 Å². The summed E-state index contributed by atoms with van der Waals surface area (Å²) in [5, 5.41) is 13.8. The van der Waals surface area contributed by atoms with E-state index in [1.165, 1.54) is 4.57 Å². The Morgan fingerprint density at radius 3 is 2.45 bits per heavy atom. The number of benzene rings is 1. The monoisotopic (exact) mass is 397 g/mol. The highest BCUT2D eigenvalue weighted by Crippen LogP contribution is 2.42. The summed E-state index contributed by atoms with van der Waals surface area (Å²) < 4.78 is 12.3. The van der Waals surface area contributed by atoms with Crippen molar-refractivity contribution in [2.75, 3.05) is 0 Å². The van der Waals surface area contributed by atoms with Crippen LogP contribution in [0.3, 0.4) is 0 Å². The van der Waals surface area contributed by atoms with Gasteiger partial charge in [0, 0.05) is 11.5 Å². The number of carboxylic acid groups (broad SMARTS) is 1. The smallest absolute Gasteiger partial charge is 0.420 e. The SMILES string of the molecule is Cc1noc(C)c1-c1cc(C(=O)O)c2nc(C3CC3)n(C(=O)OC(C)(C)C)c2c1. The fourth-order valence-electron chi connectivity index (χ4n) is 3.51. The first-order valence-electron chi connectivity index (χ1n) is 9.53. The van der Waals surface area contributed by atoms with Crippen molar-refractivity contribution < 1.29 is 24.0 Å². The maximum absolute atomic E-state index is 13.0. The molecule has 0 atom stereocenters. The average Bonchev–Trinajstić information content (AvgIpc) is 3.29. The predicted molar refractivity (Wildman–Crippen MR) is 105 cm³/mol. The van der Waals surface area contributed by atoms with E-state index in [1.807, 2.05) is 0 Å². The highest BCUT2D eigenvalue weighted by Gasteiger charge is 2.34. The summed E-state index contributed by atoms with van der Waals surface area (Å²) in [6.07, 6.45) is 1.25. The van der Waals surface area contributed by atoms with Crippen molar-refractivity contribution in [1.82, 2.24) is 14.7 Å². The molecule has 3 aromatic rings. The standard InChI is InChI=1S/C21H23N3O5/c1-10-16(11(2)29-23-10)13-8-14(19(25)26)17-15(9-13)24(18(22-17)12-6-7-12)20(27)28-21(3,4)5/h8-9,12H,6-7H2,1-5H3,(H,25,26). The average molecular weight is 397 g/mol. The van der Waals surface area contributed by atoms with Crippen molar-refractivity contribution in [3.05, 3.63) is 35.0 Å². The quantitative estimate of drug-likeness (QED) is 0.684. The van der Waals surface area contributed by atoms with Crippen LogP contribution in [0.5, 0.6) is 0 Å². The zero-order valence-corrected chi connectivity index (χ0v) is 17.1. The van der Waals surface area contributed by atoms with Crippen LogP contribution in [0.4, 0.5) is 4.79 Å². The summed E-state index contributed by atoms with van der Waals surface area (Å²) >= 11 is 0. The normalized spacial score (nSPS) is 14.4. The first-order chi connectivity index (χ1) is 13.6. The molecule has 0 saturated heterocycles. The Morgan fingerprint density at radius 2 is 1.93 bits per heavy atom. The van der Waals surface area contributed by atoms with Crippen LogP contribution in [0.15, 0.2) is 16.7 Å². The molecule has 1 aliphatic rings. The molecule has 0 unspecified atom stereocenters. The number of carbonyl (C=O) groups excluding carboxylic acids is 1. The number of hydrogen-bond acceptors (Lipinski definition) is 6. The molecule has 8 heteroatoms. The molecule has 152 valence electrons. The number of fused-ring (bicyclic) bond motifs is 1. The minimum atomic E-state index is -1.11. The summed E-state index contributed by atoms with van der Waals surface area (Å²) in [4.78, 5) is 29.6. The number of aromatic carboxylic acids is 1. The van der Waals surface area contributed by atoms with Gasteiger partial charge in [-0.05, 0) is 65.2 Å². The van der Waals surface area contributed by atoms with Gasteiger partial charge in [0.15, 0.2) is 0 Å². The van der Waals surface area contributed by atoms with E-state index in [0.29, 0.717) is 33.9 Å². The summed E-state index contributed by atoms with van der Waals surface area (Å²) in [5.41, 5.74) is 1.99. The Hall–Kier alpha value is -3.16. The van der Waals surface area contributed by atoms with Crippen molar-refractivity contribution in [3.8, 4) is 11.1 Å². The van der Waals surface area contributed by atoms with E-state index in [2.05, 4.69) is 10.1 Å². The molecule has 1 N–H and O–H groups in total. The van der Waals surface area contributed by atoms with Crippen LogP contribution in [0.25, 0.3) is 22.2 Å². The molecule has 0 bridgehead atoms. The van der Waals surface area contributed by atoms with Gasteiger partial charge in [-0.15, -0.1) is 0 Å². The molecule has 2 aromatic heterocycles. The Morgan fingerprint density at radius 1 is 1.24 bits per heavy atom. The van der Waals surface area contributed by atoms with E-state index in [0.717, 1.165) is 12.8 Å². The number of imidazole rings is 1. The lowest BCUT2D eigenvalue weighted by Crippen LogP contribution is -2.28. The van der Waals surface area contributed by atoms with Crippen molar-refractivity contribution in [3.63, 3.8) is 0 Å².